The van der Waals surface area contributed by atoms with Crippen LogP contribution >= 0.6 is 0 Å². The number of rotatable bonds is 4. The molecule has 0 aliphatic carbocycles. The third-order valence-corrected chi connectivity index (χ3v) is 1.08. The minimum Gasteiger partial charge on any atom is -0.0885 e. The van der Waals surface area contributed by atoms with Crippen LogP contribution in [0.1, 0.15) is 67.2 Å². The second kappa shape index (κ2) is 30.9. The largest absolute Gasteiger partial charge is 0.0885 e. The fourth-order valence-corrected chi connectivity index (χ4v) is 0.569. The first kappa shape index (κ1) is 17.7. The van der Waals surface area contributed by atoms with Crippen molar-refractivity contribution in [1.29, 1.82) is 0 Å². The highest BCUT2D eigenvalue weighted by Crippen LogP contribution is 1.92. The first-order valence-corrected chi connectivity index (χ1v) is 5.56. The molecule has 12 heavy (non-hydrogen) atoms. The molecule has 0 amide bonds. The van der Waals surface area contributed by atoms with Gasteiger partial charge in [-0.3, -0.25) is 0 Å². The maximum absolute atomic E-state index is 2.27. The van der Waals surface area contributed by atoms with Gasteiger partial charge in [0, 0.05) is 0 Å². The summed E-state index contributed by atoms with van der Waals surface area (Å²) in [6.07, 6.45) is 9.59. The van der Waals surface area contributed by atoms with Gasteiger partial charge in [0.1, 0.15) is 0 Å². The van der Waals surface area contributed by atoms with Crippen LogP contribution in [0, 0.1) is 0 Å². The van der Waals surface area contributed by atoms with E-state index in [2.05, 4.69) is 26.0 Å². The van der Waals surface area contributed by atoms with Crippen molar-refractivity contribution in [1.82, 2.24) is 0 Å². The van der Waals surface area contributed by atoms with E-state index in [1.807, 2.05) is 27.7 Å². The van der Waals surface area contributed by atoms with Crippen LogP contribution in [-0.2, 0) is 0 Å². The van der Waals surface area contributed by atoms with Gasteiger partial charge in [0.2, 0.25) is 0 Å². The molecule has 0 spiro atoms. The Balaban J connectivity index is -0.000000175. The third-order valence-electron chi connectivity index (χ3n) is 1.08. The van der Waals surface area contributed by atoms with Crippen molar-refractivity contribution < 1.29 is 0 Å². The molecule has 0 aromatic carbocycles. The van der Waals surface area contributed by atoms with E-state index in [1.54, 1.807) is 0 Å². The van der Waals surface area contributed by atoms with Gasteiger partial charge in [-0.1, -0.05) is 66.5 Å². The van der Waals surface area contributed by atoms with E-state index in [0.717, 1.165) is 0 Å². The summed E-state index contributed by atoms with van der Waals surface area (Å²) in [4.78, 5) is 0. The summed E-state index contributed by atoms with van der Waals surface area (Å²) in [6.45, 7) is 12.4. The number of hydrogen-bond acceptors (Lipinski definition) is 0. The van der Waals surface area contributed by atoms with Gasteiger partial charge in [0.15, 0.2) is 0 Å². The molecule has 0 aliphatic rings. The van der Waals surface area contributed by atoms with Gasteiger partial charge in [-0.2, -0.15) is 0 Å². The molecule has 0 heteroatoms. The van der Waals surface area contributed by atoms with E-state index in [9.17, 15) is 0 Å². The Kier molecular flexibility index (Phi) is 45.7. The molecule has 0 nitrogen and oxygen atoms in total. The molecule has 0 aromatic rings. The van der Waals surface area contributed by atoms with Gasteiger partial charge >= 0.3 is 0 Å². The summed E-state index contributed by atoms with van der Waals surface area (Å²) in [5, 5.41) is 0. The standard InChI is InChI=1S/C8H16.2C2H6/c1-3-5-7-8-6-4-2;2*1-2/h7-8H,3-6H2,1-2H3;2*1-2H3/b8-7-;;. The van der Waals surface area contributed by atoms with Crippen LogP contribution in [0.25, 0.3) is 0 Å². The summed E-state index contributed by atoms with van der Waals surface area (Å²) in [7, 11) is 0. The second-order valence-corrected chi connectivity index (χ2v) is 2.05. The average molecular weight is 172 g/mol. The van der Waals surface area contributed by atoms with Crippen molar-refractivity contribution in [3.8, 4) is 0 Å². The summed E-state index contributed by atoms with van der Waals surface area (Å²) in [6, 6.07) is 0. The van der Waals surface area contributed by atoms with Crippen LogP contribution < -0.4 is 0 Å². The molecule has 0 aromatic heterocycles. The first-order chi connectivity index (χ1) is 5.91. The van der Waals surface area contributed by atoms with E-state index in [-0.39, 0.29) is 0 Å². The van der Waals surface area contributed by atoms with Gasteiger partial charge in [0.05, 0.1) is 0 Å². The zero-order valence-corrected chi connectivity index (χ0v) is 9.98. The number of unbranched alkanes of at least 4 members (excludes halogenated alkanes) is 2. The fourth-order valence-electron chi connectivity index (χ4n) is 0.569. The van der Waals surface area contributed by atoms with Crippen LogP contribution in [0.2, 0.25) is 0 Å². The van der Waals surface area contributed by atoms with Crippen LogP contribution in [0.5, 0.6) is 0 Å². The Morgan fingerprint density at radius 1 is 0.667 bits per heavy atom. The third kappa shape index (κ3) is 33.1. The molecule has 0 bridgehead atoms. The molecular formula is C12H28. The molecule has 0 rings (SSSR count). The lowest BCUT2D eigenvalue weighted by molar-refractivity contribution is 0.921. The predicted octanol–water partition coefficient (Wildman–Crippen LogP) is 5.20. The Morgan fingerprint density at radius 2 is 0.917 bits per heavy atom. The maximum Gasteiger partial charge on any atom is -0.0353 e. The highest BCUT2D eigenvalue weighted by Gasteiger charge is 1.72. The van der Waals surface area contributed by atoms with Gasteiger partial charge in [-0.05, 0) is 12.8 Å². The minimum absolute atomic E-state index is 1.25. The molecule has 0 saturated heterocycles. The Morgan fingerprint density at radius 3 is 1.08 bits per heavy atom. The second-order valence-electron chi connectivity index (χ2n) is 2.05. The quantitative estimate of drug-likeness (QED) is 0.512. The summed E-state index contributed by atoms with van der Waals surface area (Å²) >= 11 is 0. The molecular weight excluding hydrogens is 144 g/mol. The van der Waals surface area contributed by atoms with E-state index in [4.69, 9.17) is 0 Å². The topological polar surface area (TPSA) is 0 Å². The van der Waals surface area contributed by atoms with Crippen molar-refractivity contribution in [2.45, 2.75) is 67.2 Å². The van der Waals surface area contributed by atoms with Crippen molar-refractivity contribution >= 4 is 0 Å². The van der Waals surface area contributed by atoms with E-state index in [0.29, 0.717) is 0 Å². The smallest absolute Gasteiger partial charge is 0.0353 e. The highest BCUT2D eigenvalue weighted by atomic mass is 13.8. The van der Waals surface area contributed by atoms with Gasteiger partial charge < -0.3 is 0 Å². The Labute approximate surface area is 80.1 Å². The maximum atomic E-state index is 2.27. The Bertz CT molecular complexity index is 45.1. The monoisotopic (exact) mass is 172 g/mol. The van der Waals surface area contributed by atoms with Crippen molar-refractivity contribution in [3.63, 3.8) is 0 Å². The number of hydrogen-bond donors (Lipinski definition) is 0. The molecule has 0 unspecified atom stereocenters. The normalized spacial score (nSPS) is 8.17. The molecule has 76 valence electrons. The van der Waals surface area contributed by atoms with Crippen molar-refractivity contribution in [2.75, 3.05) is 0 Å². The predicted molar refractivity (Wildman–Crippen MR) is 61.7 cm³/mol. The van der Waals surface area contributed by atoms with Crippen LogP contribution in [-0.4, -0.2) is 0 Å². The van der Waals surface area contributed by atoms with Crippen LogP contribution in [0.15, 0.2) is 12.2 Å². The lowest BCUT2D eigenvalue weighted by Crippen LogP contribution is -1.62. The zero-order chi connectivity index (χ0) is 10.2. The van der Waals surface area contributed by atoms with E-state index < -0.39 is 0 Å². The average Bonchev–Trinajstić information content (AvgIpc) is 2.19. The van der Waals surface area contributed by atoms with Gasteiger partial charge in [-0.25, -0.2) is 0 Å². The van der Waals surface area contributed by atoms with E-state index >= 15 is 0 Å². The fraction of sp³-hybridized carbons (Fsp3) is 0.833. The van der Waals surface area contributed by atoms with Gasteiger partial charge in [0.25, 0.3) is 0 Å². The molecule has 0 saturated carbocycles. The summed E-state index contributed by atoms with van der Waals surface area (Å²) in [5.41, 5.74) is 0. The highest BCUT2D eigenvalue weighted by molar-refractivity contribution is 4.79. The number of allylic oxidation sites excluding steroid dienone is 2. The molecule has 0 aliphatic heterocycles. The summed E-state index contributed by atoms with van der Waals surface area (Å²) in [5.74, 6) is 0. The zero-order valence-electron chi connectivity index (χ0n) is 9.98. The first-order valence-electron chi connectivity index (χ1n) is 5.56. The molecule has 0 atom stereocenters. The molecule has 0 heterocycles. The van der Waals surface area contributed by atoms with Crippen LogP contribution in [0.4, 0.5) is 0 Å². The van der Waals surface area contributed by atoms with Crippen LogP contribution in [0.3, 0.4) is 0 Å². The molecule has 0 radical (unpaired) electrons. The van der Waals surface area contributed by atoms with Crippen molar-refractivity contribution in [3.05, 3.63) is 12.2 Å². The summed E-state index contributed by atoms with van der Waals surface area (Å²) < 4.78 is 0. The Hall–Kier alpha value is -0.260. The lowest BCUT2D eigenvalue weighted by Gasteiger charge is -1.83. The SMILES string of the molecule is CC.CC.CCC/C=C\CCC. The van der Waals surface area contributed by atoms with Gasteiger partial charge in [-0.15, -0.1) is 0 Å². The molecule has 0 N–H and O–H groups in total. The lowest BCUT2D eigenvalue weighted by atomic mass is 10.2. The van der Waals surface area contributed by atoms with Crippen molar-refractivity contribution in [2.24, 2.45) is 0 Å². The minimum atomic E-state index is 1.25. The molecule has 0 fully saturated rings. The van der Waals surface area contributed by atoms with E-state index in [1.165, 1.54) is 25.7 Å².